The zero-order chi connectivity index (χ0) is 43.2. The van der Waals surface area contributed by atoms with Crippen molar-refractivity contribution in [3.05, 3.63) is 57.6 Å². The Morgan fingerprint density at radius 1 is 0.407 bits per heavy atom. The Morgan fingerprint density at radius 3 is 0.870 bits per heavy atom. The van der Waals surface area contributed by atoms with Gasteiger partial charge in [-0.3, -0.25) is 0 Å². The molecule has 0 heterocycles. The molecule has 0 fully saturated rings. The fourth-order valence-electron chi connectivity index (χ4n) is 11.2. The molecule has 0 saturated carbocycles. The summed E-state index contributed by atoms with van der Waals surface area (Å²) < 4.78 is 0. The Balaban J connectivity index is 3.78. The second kappa shape index (κ2) is 15.5. The molecule has 1 unspecified atom stereocenters. The molecule has 2 aromatic rings. The predicted octanol–water partition coefficient (Wildman–Crippen LogP) is 12.8. The van der Waals surface area contributed by atoms with Gasteiger partial charge in [0.15, 0.2) is 0 Å². The summed E-state index contributed by atoms with van der Waals surface area (Å²) in [6, 6.07) is 10.6. The number of hydrogen-bond acceptors (Lipinski definition) is 1. The molecule has 2 aromatic carbocycles. The van der Waals surface area contributed by atoms with Gasteiger partial charge in [-0.15, -0.1) is 0 Å². The molecule has 0 aliphatic carbocycles. The molecule has 1 nitrogen and oxygen atoms in total. The quantitative estimate of drug-likeness (QED) is 0.223. The van der Waals surface area contributed by atoms with Crippen molar-refractivity contribution in [3.63, 3.8) is 0 Å². The van der Waals surface area contributed by atoms with Crippen LogP contribution in [0.1, 0.15) is 111 Å². The minimum atomic E-state index is -3.54. The van der Waals surface area contributed by atoms with E-state index in [2.05, 4.69) is 220 Å². The van der Waals surface area contributed by atoms with Crippen LogP contribution in [0, 0.1) is 0 Å². The van der Waals surface area contributed by atoms with Gasteiger partial charge in [0.05, 0.1) is 0 Å². The van der Waals surface area contributed by atoms with E-state index in [1.54, 1.807) is 16.7 Å². The van der Waals surface area contributed by atoms with Gasteiger partial charge in [-0.05, 0) is 0 Å². The van der Waals surface area contributed by atoms with Crippen LogP contribution in [-0.2, 0) is 16.2 Å². The fourth-order valence-corrected chi connectivity index (χ4v) is 55.9. The Morgan fingerprint density at radius 2 is 0.667 bits per heavy atom. The first-order chi connectivity index (χ1) is 23.3. The van der Waals surface area contributed by atoms with Crippen molar-refractivity contribution in [1.82, 2.24) is 0 Å². The monoisotopic (exact) mass is 921 g/mol. The molecule has 0 aliphatic heterocycles. The van der Waals surface area contributed by atoms with Crippen LogP contribution >= 0.6 is 0 Å². The molecule has 0 saturated heterocycles. The fraction of sp³-hybridized carbons (Fsp3) is 0.733. The van der Waals surface area contributed by atoms with E-state index >= 15 is 0 Å². The summed E-state index contributed by atoms with van der Waals surface area (Å²) in [5, 5.41) is 4.32. The van der Waals surface area contributed by atoms with Crippen LogP contribution in [0.3, 0.4) is 0 Å². The summed E-state index contributed by atoms with van der Waals surface area (Å²) >= 11 is 3.85. The first kappa shape index (κ1) is 50.6. The van der Waals surface area contributed by atoms with E-state index in [1.807, 2.05) is 0 Å². The average molecular weight is 922 g/mol. The van der Waals surface area contributed by atoms with Crippen LogP contribution in [0.25, 0.3) is 0 Å². The first-order valence-electron chi connectivity index (χ1n) is 21.1. The van der Waals surface area contributed by atoms with E-state index in [9.17, 15) is 4.80 Å². The van der Waals surface area contributed by atoms with Gasteiger partial charge in [-0.2, -0.15) is 0 Å². The second-order valence-electron chi connectivity index (χ2n) is 26.9. The summed E-state index contributed by atoms with van der Waals surface area (Å²) in [6.45, 7) is 65.2. The second-order valence-corrected chi connectivity index (χ2v) is 66.5. The molecule has 309 valence electrons. The zero-order valence-corrected chi connectivity index (χ0v) is 49.6. The molecule has 0 bridgehead atoms. The third-order valence-corrected chi connectivity index (χ3v) is 44.6. The van der Waals surface area contributed by atoms with Crippen molar-refractivity contribution in [1.29, 1.82) is 0 Å². The maximum absolute atomic E-state index is 14.5. The molecule has 2 rings (SSSR count). The van der Waals surface area contributed by atoms with Gasteiger partial charge in [0.2, 0.25) is 0 Å². The van der Waals surface area contributed by atoms with E-state index in [1.165, 1.54) is 27.1 Å². The minimum absolute atomic E-state index is 0.00213. The van der Waals surface area contributed by atoms with Crippen LogP contribution in [0.4, 0.5) is 0 Å². The van der Waals surface area contributed by atoms with Crippen LogP contribution in [-0.4, -0.2) is 75.5 Å². The van der Waals surface area contributed by atoms with Crippen LogP contribution in [0.5, 0.6) is 0 Å². The Labute approximate surface area is 352 Å². The number of hydrogen-bond donors (Lipinski definition) is 1. The van der Waals surface area contributed by atoms with Crippen molar-refractivity contribution in [2.24, 2.45) is 0 Å². The van der Waals surface area contributed by atoms with E-state index < -0.39 is 55.4 Å². The predicted molar refractivity (Wildman–Crippen MR) is 270 cm³/mol. The molecular formula is C45H89OSeSi7. The topological polar surface area (TPSA) is 20.2 Å². The Bertz CT molecular complexity index is 1520. The van der Waals surface area contributed by atoms with Gasteiger partial charge < -0.3 is 0 Å². The maximum atomic E-state index is 14.5. The summed E-state index contributed by atoms with van der Waals surface area (Å²) in [7, 11) is -10.5. The molecule has 0 amide bonds. The molecular weight excluding hydrogens is 832 g/mol. The SMILES string of the molecule is CC(C)(C)c1cc(C(C)(C)C)c([Si](O)([Se])c2c(C([Si](C)(C)C)[Si](C)(C)C)cc(C([Si](C)(C)C)[Si](C)(C)C)cc2C([Si](C)(C)C)[Si](C)(C)C)c(C(C)(C)C)c1. The van der Waals surface area contributed by atoms with Crippen molar-refractivity contribution >= 4 is 81.1 Å². The first-order valence-corrected chi connectivity index (χ1v) is 47.0. The molecule has 1 N–H and O–H groups in total. The third-order valence-electron chi connectivity index (χ3n) is 11.7. The van der Waals surface area contributed by atoms with Gasteiger partial charge in [-0.25, -0.2) is 0 Å². The third kappa shape index (κ3) is 11.4. The zero-order valence-electron chi connectivity index (χ0n) is 40.9. The molecule has 54 heavy (non-hydrogen) atoms. The van der Waals surface area contributed by atoms with Crippen molar-refractivity contribution < 1.29 is 4.80 Å². The molecule has 0 spiro atoms. The normalized spacial score (nSPS) is 16.1. The van der Waals surface area contributed by atoms with Gasteiger partial charge in [0, 0.05) is 0 Å². The number of rotatable bonds is 11. The Kier molecular flexibility index (Phi) is 14.5. The van der Waals surface area contributed by atoms with E-state index in [0.717, 1.165) is 0 Å². The van der Waals surface area contributed by atoms with Gasteiger partial charge >= 0.3 is 355 Å². The molecule has 1 atom stereocenters. The standard InChI is InChI=1S/C45H89OSeSi7/c1-43(2,3)33-30-36(44(4,5)6)39(37(31-33)45(7,8)9)54(46,47)38-34(41(50(16,17)18)51(19,20)21)28-32(40(48(10,11)12)49(13,14)15)29-35(38)42(52(22,23)24)53(25,26)27/h28-31,40-42,46H,1-27H3. The van der Waals surface area contributed by atoms with Gasteiger partial charge in [-0.1, -0.05) is 0 Å². The molecule has 1 radical (unpaired) electrons. The summed E-state index contributed by atoms with van der Waals surface area (Å²) in [5.41, 5.74) is 8.53. The van der Waals surface area contributed by atoms with E-state index in [0.29, 0.717) is 15.5 Å². The van der Waals surface area contributed by atoms with Gasteiger partial charge in [0.1, 0.15) is 0 Å². The molecule has 9 heteroatoms. The van der Waals surface area contributed by atoms with Crippen molar-refractivity contribution in [2.45, 2.75) is 212 Å². The average Bonchev–Trinajstić information content (AvgIpc) is 2.80. The number of benzene rings is 2. The van der Waals surface area contributed by atoms with Crippen LogP contribution in [0.15, 0.2) is 24.3 Å². The van der Waals surface area contributed by atoms with Crippen LogP contribution in [0.2, 0.25) is 118 Å². The summed E-state index contributed by atoms with van der Waals surface area (Å²) in [4.78, 5) is 14.5. The summed E-state index contributed by atoms with van der Waals surface area (Å²) in [5.74, 6) is 0. The van der Waals surface area contributed by atoms with Crippen molar-refractivity contribution in [3.8, 4) is 0 Å². The summed E-state index contributed by atoms with van der Waals surface area (Å²) in [6.07, 6.45) is 0. The van der Waals surface area contributed by atoms with Gasteiger partial charge in [0.25, 0.3) is 0 Å². The van der Waals surface area contributed by atoms with Crippen LogP contribution < -0.4 is 10.4 Å². The molecule has 0 aliphatic rings. The van der Waals surface area contributed by atoms with Crippen molar-refractivity contribution in [2.75, 3.05) is 0 Å². The van der Waals surface area contributed by atoms with E-state index in [-0.39, 0.29) is 16.2 Å². The molecule has 0 aromatic heterocycles. The Hall–Kier alpha value is 0.438. The van der Waals surface area contributed by atoms with E-state index in [4.69, 9.17) is 0 Å².